The maximum absolute atomic E-state index is 10.6. The lowest BCUT2D eigenvalue weighted by atomic mass is 10.2. The third-order valence-electron chi connectivity index (χ3n) is 2.68. The highest BCUT2D eigenvalue weighted by Gasteiger charge is 2.04. The Bertz CT molecular complexity index is 330. The van der Waals surface area contributed by atoms with Gasteiger partial charge in [-0.1, -0.05) is 0 Å². The smallest absolute Gasteiger partial charge is 0.305 e. The summed E-state index contributed by atoms with van der Waals surface area (Å²) in [4.78, 5) is 42.2. The van der Waals surface area contributed by atoms with Gasteiger partial charge in [0.25, 0.3) is 0 Å². The van der Waals surface area contributed by atoms with E-state index in [1.54, 1.807) is 0 Å². The van der Waals surface area contributed by atoms with Gasteiger partial charge in [-0.3, -0.25) is 19.2 Å². The van der Waals surface area contributed by atoms with Crippen LogP contribution >= 0.6 is 0 Å². The van der Waals surface area contributed by atoms with E-state index in [0.717, 1.165) is 0 Å². The molecule has 0 saturated carbocycles. The molecular weight excluding hydrogens is 308 g/mol. The van der Waals surface area contributed by atoms with Gasteiger partial charge in [0.15, 0.2) is 0 Å². The van der Waals surface area contributed by atoms with Crippen molar-refractivity contribution in [3.63, 3.8) is 0 Å². The van der Waals surface area contributed by atoms with Crippen molar-refractivity contribution in [1.29, 1.82) is 0 Å². The first-order chi connectivity index (χ1) is 10.9. The van der Waals surface area contributed by atoms with Gasteiger partial charge in [0.1, 0.15) is 0 Å². The minimum atomic E-state index is -0.297. The Hall–Kier alpha value is -2.12. The normalized spacial score (nSPS) is 9.04. The van der Waals surface area contributed by atoms with Crippen LogP contribution in [0.4, 0.5) is 0 Å². The van der Waals surface area contributed by atoms with Crippen LogP contribution in [0.3, 0.4) is 0 Å². The molecule has 8 heteroatoms. The van der Waals surface area contributed by atoms with Crippen molar-refractivity contribution in [2.45, 2.75) is 44.9 Å². The number of methoxy groups -OCH3 is 4. The van der Waals surface area contributed by atoms with E-state index in [4.69, 9.17) is 0 Å². The van der Waals surface area contributed by atoms with E-state index in [1.165, 1.54) is 28.4 Å². The monoisotopic (exact) mass is 334 g/mol. The highest BCUT2D eigenvalue weighted by Crippen LogP contribution is 2.01. The second-order valence-corrected chi connectivity index (χ2v) is 4.37. The summed E-state index contributed by atoms with van der Waals surface area (Å²) >= 11 is 0. The van der Waals surface area contributed by atoms with Crippen LogP contribution in [0.5, 0.6) is 0 Å². The van der Waals surface area contributed by atoms with E-state index in [0.29, 0.717) is 32.1 Å². The number of unbranched alkanes of at least 4 members (excludes halogenated alkanes) is 1. The zero-order chi connectivity index (χ0) is 18.1. The molecule has 0 radical (unpaired) electrons. The first-order valence-electron chi connectivity index (χ1n) is 7.18. The molecule has 0 rings (SSSR count). The fourth-order valence-corrected chi connectivity index (χ4v) is 1.32. The Kier molecular flexibility index (Phi) is 16.4. The summed E-state index contributed by atoms with van der Waals surface area (Å²) in [5, 5.41) is 0. The molecule has 0 N–H and O–H groups in total. The van der Waals surface area contributed by atoms with Gasteiger partial charge in [-0.2, -0.15) is 0 Å². The van der Waals surface area contributed by atoms with Gasteiger partial charge < -0.3 is 18.9 Å². The van der Waals surface area contributed by atoms with Crippen molar-refractivity contribution in [1.82, 2.24) is 0 Å². The van der Waals surface area contributed by atoms with Crippen LogP contribution in [0.15, 0.2) is 0 Å². The van der Waals surface area contributed by atoms with Gasteiger partial charge in [0, 0.05) is 25.7 Å². The molecule has 0 aromatic heterocycles. The molecule has 0 aromatic rings. The molecule has 0 aliphatic rings. The lowest BCUT2D eigenvalue weighted by Gasteiger charge is -1.98. The Morgan fingerprint density at radius 2 is 0.696 bits per heavy atom. The summed E-state index contributed by atoms with van der Waals surface area (Å²) in [5.74, 6) is -1.07. The lowest BCUT2D eigenvalue weighted by molar-refractivity contribution is -0.143. The summed E-state index contributed by atoms with van der Waals surface area (Å²) in [6.07, 6.45) is 3.10. The second-order valence-electron chi connectivity index (χ2n) is 4.37. The van der Waals surface area contributed by atoms with Gasteiger partial charge in [-0.05, 0) is 19.3 Å². The van der Waals surface area contributed by atoms with E-state index in [1.807, 2.05) is 0 Å². The summed E-state index contributed by atoms with van der Waals surface area (Å²) in [6, 6.07) is 0. The minimum absolute atomic E-state index is 0.236. The third-order valence-corrected chi connectivity index (χ3v) is 2.68. The van der Waals surface area contributed by atoms with Crippen molar-refractivity contribution >= 4 is 23.9 Å². The van der Waals surface area contributed by atoms with Crippen LogP contribution in [0, 0.1) is 0 Å². The number of carbonyl (C=O) groups excluding carboxylic acids is 4. The van der Waals surface area contributed by atoms with Crippen LogP contribution in [0.2, 0.25) is 0 Å². The molecule has 0 saturated heterocycles. The molecule has 8 nitrogen and oxygen atoms in total. The largest absolute Gasteiger partial charge is 0.469 e. The minimum Gasteiger partial charge on any atom is -0.469 e. The van der Waals surface area contributed by atoms with E-state index >= 15 is 0 Å². The fourth-order valence-electron chi connectivity index (χ4n) is 1.32. The van der Waals surface area contributed by atoms with E-state index in [2.05, 4.69) is 18.9 Å². The predicted octanol–water partition coefficient (Wildman–Crippen LogP) is 1.40. The Balaban J connectivity index is 0. The lowest BCUT2D eigenvalue weighted by Crippen LogP contribution is -2.04. The van der Waals surface area contributed by atoms with Crippen molar-refractivity contribution < 1.29 is 38.1 Å². The molecule has 0 amide bonds. The number of ether oxygens (including phenoxy) is 4. The molecule has 0 aliphatic carbocycles. The van der Waals surface area contributed by atoms with E-state index in [-0.39, 0.29) is 36.7 Å². The van der Waals surface area contributed by atoms with Crippen molar-refractivity contribution in [2.24, 2.45) is 0 Å². The van der Waals surface area contributed by atoms with Crippen LogP contribution in [-0.4, -0.2) is 52.3 Å². The first kappa shape index (κ1) is 23.2. The first-order valence-corrected chi connectivity index (χ1v) is 7.18. The molecule has 23 heavy (non-hydrogen) atoms. The topological polar surface area (TPSA) is 105 Å². The quantitative estimate of drug-likeness (QED) is 0.354. The maximum atomic E-state index is 10.6. The maximum Gasteiger partial charge on any atom is 0.305 e. The van der Waals surface area contributed by atoms with E-state index in [9.17, 15) is 19.2 Å². The van der Waals surface area contributed by atoms with Crippen LogP contribution in [-0.2, 0) is 38.1 Å². The average Bonchev–Trinajstić information content (AvgIpc) is 2.58. The molecule has 0 aromatic carbocycles. The number of carbonyl (C=O) groups is 4. The van der Waals surface area contributed by atoms with Gasteiger partial charge in [-0.25, -0.2) is 0 Å². The highest BCUT2D eigenvalue weighted by atomic mass is 16.5. The number of rotatable bonds is 9. The Morgan fingerprint density at radius 1 is 0.478 bits per heavy atom. The zero-order valence-corrected chi connectivity index (χ0v) is 14.2. The number of hydrogen-bond donors (Lipinski definition) is 0. The van der Waals surface area contributed by atoms with Gasteiger partial charge >= 0.3 is 23.9 Å². The molecule has 0 heterocycles. The van der Waals surface area contributed by atoms with Gasteiger partial charge in [-0.15, -0.1) is 0 Å². The number of hydrogen-bond acceptors (Lipinski definition) is 8. The average molecular weight is 334 g/mol. The fraction of sp³-hybridized carbons (Fsp3) is 0.733. The Labute approximate surface area is 136 Å². The van der Waals surface area contributed by atoms with E-state index < -0.39 is 0 Å². The molecule has 0 aliphatic heterocycles. The van der Waals surface area contributed by atoms with Crippen molar-refractivity contribution in [3.8, 4) is 0 Å². The molecule has 0 spiro atoms. The van der Waals surface area contributed by atoms with Crippen LogP contribution in [0.1, 0.15) is 44.9 Å². The predicted molar refractivity (Wildman–Crippen MR) is 80.4 cm³/mol. The molecule has 0 fully saturated rings. The number of esters is 4. The summed E-state index contributed by atoms with van der Waals surface area (Å²) in [6.45, 7) is 0. The van der Waals surface area contributed by atoms with Gasteiger partial charge in [0.2, 0.25) is 0 Å². The molecule has 134 valence electrons. The van der Waals surface area contributed by atoms with Crippen LogP contribution < -0.4 is 0 Å². The molecule has 0 bridgehead atoms. The summed E-state index contributed by atoms with van der Waals surface area (Å²) in [5.41, 5.74) is 0. The molecule has 0 atom stereocenters. The van der Waals surface area contributed by atoms with Crippen molar-refractivity contribution in [3.05, 3.63) is 0 Å². The van der Waals surface area contributed by atoms with Gasteiger partial charge in [0.05, 0.1) is 28.4 Å². The van der Waals surface area contributed by atoms with Crippen molar-refractivity contribution in [2.75, 3.05) is 28.4 Å². The third kappa shape index (κ3) is 17.8. The summed E-state index contributed by atoms with van der Waals surface area (Å²) in [7, 11) is 5.34. The molecule has 0 unspecified atom stereocenters. The SMILES string of the molecule is COC(=O)CCCC(=O)OC.COC(=O)CCCCC(=O)OC. The van der Waals surface area contributed by atoms with Crippen LogP contribution in [0.25, 0.3) is 0 Å². The standard InChI is InChI=1S/C8H14O4.C7H12O4/c1-11-7(9)5-3-4-6-8(10)12-2;1-10-6(8)4-3-5-7(9)11-2/h3-6H2,1-2H3;3-5H2,1-2H3. The molecular formula is C15H26O8. The zero-order valence-electron chi connectivity index (χ0n) is 14.2. The Morgan fingerprint density at radius 3 is 0.913 bits per heavy atom. The summed E-state index contributed by atoms with van der Waals surface area (Å²) < 4.78 is 17.6. The second kappa shape index (κ2) is 16.3. The highest BCUT2D eigenvalue weighted by molar-refractivity contribution is 5.72.